The van der Waals surface area contributed by atoms with Gasteiger partial charge < -0.3 is 4.74 Å². The van der Waals surface area contributed by atoms with E-state index in [2.05, 4.69) is 5.10 Å². The molecular weight excluding hydrogens is 476 g/mol. The number of Topliss-reactive ketones (excluding diaryl/α,β-unsaturated/α-hetero) is 1. The van der Waals surface area contributed by atoms with E-state index in [0.717, 1.165) is 16.0 Å². The van der Waals surface area contributed by atoms with Crippen molar-refractivity contribution < 1.29 is 24.0 Å². The quantitative estimate of drug-likeness (QED) is 0.230. The lowest BCUT2D eigenvalue weighted by Gasteiger charge is -2.33. The Bertz CT molecular complexity index is 1480. The van der Waals surface area contributed by atoms with Crippen molar-refractivity contribution in [3.8, 4) is 5.75 Å². The van der Waals surface area contributed by atoms with Crippen molar-refractivity contribution >= 4 is 35.2 Å². The zero-order chi connectivity index (χ0) is 25.8. The van der Waals surface area contributed by atoms with Crippen LogP contribution in [-0.2, 0) is 9.59 Å². The van der Waals surface area contributed by atoms with Gasteiger partial charge in [0.05, 0.1) is 41.8 Å². The summed E-state index contributed by atoms with van der Waals surface area (Å²) in [7, 11) is 1.53. The van der Waals surface area contributed by atoms with Crippen molar-refractivity contribution in [3.05, 3.63) is 99.6 Å². The largest absolute Gasteiger partial charge is 0.497 e. The molecule has 2 saturated heterocycles. The number of imide groups is 1. The molecule has 3 heterocycles. The molecule has 2 amide bonds. The second-order valence-corrected chi connectivity index (χ2v) is 9.07. The predicted molar refractivity (Wildman–Crippen MR) is 132 cm³/mol. The van der Waals surface area contributed by atoms with Crippen LogP contribution in [0.15, 0.2) is 77.9 Å². The summed E-state index contributed by atoms with van der Waals surface area (Å²) >= 11 is 0. The van der Waals surface area contributed by atoms with Gasteiger partial charge in [-0.15, -0.1) is 0 Å². The van der Waals surface area contributed by atoms with Crippen LogP contribution >= 0.6 is 0 Å². The molecule has 184 valence electrons. The van der Waals surface area contributed by atoms with Crippen molar-refractivity contribution in [2.75, 3.05) is 12.0 Å². The number of anilines is 1. The van der Waals surface area contributed by atoms with E-state index in [-0.39, 0.29) is 17.2 Å². The second kappa shape index (κ2) is 8.37. The summed E-state index contributed by atoms with van der Waals surface area (Å²) in [5.74, 6) is -2.57. The third-order valence-corrected chi connectivity index (χ3v) is 7.26. The number of carbonyl (C=O) groups is 3. The van der Waals surface area contributed by atoms with Crippen LogP contribution in [0.2, 0.25) is 0 Å². The number of ether oxygens (including phenoxy) is 1. The van der Waals surface area contributed by atoms with E-state index < -0.39 is 40.7 Å². The summed E-state index contributed by atoms with van der Waals surface area (Å²) in [6.45, 7) is 0. The lowest BCUT2D eigenvalue weighted by molar-refractivity contribution is -0.384. The van der Waals surface area contributed by atoms with E-state index in [4.69, 9.17) is 4.74 Å². The topological polar surface area (TPSA) is 122 Å². The summed E-state index contributed by atoms with van der Waals surface area (Å²) < 4.78 is 5.19. The normalized spacial score (nSPS) is 23.5. The van der Waals surface area contributed by atoms with Crippen LogP contribution in [0, 0.1) is 22.0 Å². The average molecular weight is 496 g/mol. The summed E-state index contributed by atoms with van der Waals surface area (Å²) in [6.07, 6.45) is 1.64. The van der Waals surface area contributed by atoms with Gasteiger partial charge in [-0.05, 0) is 47.5 Å². The Hall–Kier alpha value is -4.86. The second-order valence-electron chi connectivity index (χ2n) is 9.07. The number of hydrazone groups is 1. The highest BCUT2D eigenvalue weighted by Crippen LogP contribution is 2.53. The standard InChI is InChI=1S/C27H20N4O6/c1-37-19-12-6-15(7-13-19)25(32)24-22-21(23-20-5-3-2-4-16(20)14-28-30(23)24)26(33)29(27(22)34)17-8-10-18(11-9-17)31(35)36/h2-14,21-24H,1H3/t21-,22+,23+,24-/m0/s1. The van der Waals surface area contributed by atoms with Gasteiger partial charge in [0.2, 0.25) is 11.8 Å². The molecule has 3 aromatic carbocycles. The van der Waals surface area contributed by atoms with Crippen molar-refractivity contribution in [2.24, 2.45) is 16.9 Å². The van der Waals surface area contributed by atoms with Gasteiger partial charge in [-0.25, -0.2) is 4.90 Å². The average Bonchev–Trinajstić information content (AvgIpc) is 3.40. The van der Waals surface area contributed by atoms with Gasteiger partial charge in [0, 0.05) is 17.7 Å². The first-order chi connectivity index (χ1) is 17.9. The Morgan fingerprint density at radius 2 is 1.62 bits per heavy atom. The number of amides is 2. The molecular formula is C27H20N4O6. The Balaban J connectivity index is 1.45. The molecule has 37 heavy (non-hydrogen) atoms. The maximum absolute atomic E-state index is 13.9. The van der Waals surface area contributed by atoms with E-state index >= 15 is 0 Å². The number of carbonyl (C=O) groups excluding carboxylic acids is 3. The van der Waals surface area contributed by atoms with Crippen LogP contribution in [-0.4, -0.2) is 46.9 Å². The molecule has 4 atom stereocenters. The fourth-order valence-electron chi connectivity index (χ4n) is 5.57. The van der Waals surface area contributed by atoms with Gasteiger partial charge in [0.15, 0.2) is 5.78 Å². The van der Waals surface area contributed by atoms with Gasteiger partial charge in [0.25, 0.3) is 5.69 Å². The Morgan fingerprint density at radius 1 is 0.946 bits per heavy atom. The molecule has 10 nitrogen and oxygen atoms in total. The third-order valence-electron chi connectivity index (χ3n) is 7.26. The lowest BCUT2D eigenvalue weighted by Crippen LogP contribution is -2.44. The molecule has 0 radical (unpaired) electrons. The molecule has 6 rings (SSSR count). The zero-order valence-electron chi connectivity index (χ0n) is 19.6. The monoisotopic (exact) mass is 496 g/mol. The Labute approximate surface area is 210 Å². The molecule has 3 aliphatic rings. The maximum atomic E-state index is 13.9. The van der Waals surface area contributed by atoms with Crippen molar-refractivity contribution in [2.45, 2.75) is 12.1 Å². The first kappa shape index (κ1) is 22.6. The van der Waals surface area contributed by atoms with Gasteiger partial charge in [-0.2, -0.15) is 5.10 Å². The lowest BCUT2D eigenvalue weighted by atomic mass is 9.83. The van der Waals surface area contributed by atoms with Gasteiger partial charge in [-0.1, -0.05) is 24.3 Å². The maximum Gasteiger partial charge on any atom is 0.269 e. The fraction of sp³-hybridized carbons (Fsp3) is 0.185. The van der Waals surface area contributed by atoms with E-state index in [1.165, 1.54) is 31.4 Å². The molecule has 0 N–H and O–H groups in total. The molecule has 0 spiro atoms. The third kappa shape index (κ3) is 3.33. The SMILES string of the molecule is COc1ccc(C(=O)[C@@H]2[C@@H]3C(=O)N(c4ccc([N+](=O)[O-])cc4)C(=O)[C@@H]3[C@H]3c4ccccc4C=NN23)cc1. The first-order valence-electron chi connectivity index (χ1n) is 11.6. The molecule has 0 bridgehead atoms. The number of nitro groups is 1. The van der Waals surface area contributed by atoms with E-state index in [1.54, 1.807) is 35.5 Å². The van der Waals surface area contributed by atoms with Crippen LogP contribution in [0.3, 0.4) is 0 Å². The summed E-state index contributed by atoms with van der Waals surface area (Å²) in [5, 5.41) is 17.2. The molecule has 0 unspecified atom stereocenters. The Morgan fingerprint density at radius 3 is 2.30 bits per heavy atom. The van der Waals surface area contributed by atoms with Crippen LogP contribution in [0.4, 0.5) is 11.4 Å². The molecule has 0 aliphatic carbocycles. The van der Waals surface area contributed by atoms with Gasteiger partial charge in [-0.3, -0.25) is 29.5 Å². The van der Waals surface area contributed by atoms with E-state index in [0.29, 0.717) is 11.3 Å². The number of rotatable bonds is 5. The minimum Gasteiger partial charge on any atom is -0.497 e. The van der Waals surface area contributed by atoms with Gasteiger partial charge in [0.1, 0.15) is 11.8 Å². The highest BCUT2D eigenvalue weighted by Gasteiger charge is 2.65. The van der Waals surface area contributed by atoms with Crippen LogP contribution in [0.5, 0.6) is 5.75 Å². The number of ketones is 1. The summed E-state index contributed by atoms with van der Waals surface area (Å²) in [6, 6.07) is 17.7. The highest BCUT2D eigenvalue weighted by atomic mass is 16.6. The van der Waals surface area contributed by atoms with Gasteiger partial charge >= 0.3 is 0 Å². The van der Waals surface area contributed by atoms with E-state index in [9.17, 15) is 24.5 Å². The number of hydrogen-bond acceptors (Lipinski definition) is 8. The number of benzene rings is 3. The fourth-order valence-corrected chi connectivity index (χ4v) is 5.57. The molecule has 3 aromatic rings. The predicted octanol–water partition coefficient (Wildman–Crippen LogP) is 3.36. The minimum absolute atomic E-state index is 0.155. The Kier molecular flexibility index (Phi) is 5.11. The van der Waals surface area contributed by atoms with Crippen molar-refractivity contribution in [1.29, 1.82) is 0 Å². The number of nitro benzene ring substituents is 1. The molecule has 2 fully saturated rings. The number of hydrogen-bond donors (Lipinski definition) is 0. The molecule has 10 heteroatoms. The number of methoxy groups -OCH3 is 1. The van der Waals surface area contributed by atoms with Crippen molar-refractivity contribution in [1.82, 2.24) is 5.01 Å². The first-order valence-corrected chi connectivity index (χ1v) is 11.6. The van der Waals surface area contributed by atoms with E-state index in [1.807, 2.05) is 24.3 Å². The minimum atomic E-state index is -1.01. The number of non-ortho nitro benzene ring substituents is 1. The molecule has 3 aliphatic heterocycles. The zero-order valence-corrected chi connectivity index (χ0v) is 19.6. The molecule has 0 saturated carbocycles. The summed E-state index contributed by atoms with van der Waals surface area (Å²) in [5.41, 5.74) is 2.06. The smallest absolute Gasteiger partial charge is 0.269 e. The molecule has 0 aromatic heterocycles. The summed E-state index contributed by atoms with van der Waals surface area (Å²) in [4.78, 5) is 53.1. The highest BCUT2D eigenvalue weighted by molar-refractivity contribution is 6.24. The number of nitrogens with zero attached hydrogens (tertiary/aromatic N) is 4. The number of fused-ring (bicyclic) bond motifs is 5. The van der Waals surface area contributed by atoms with Crippen LogP contribution in [0.25, 0.3) is 0 Å². The van der Waals surface area contributed by atoms with Crippen LogP contribution in [0.1, 0.15) is 27.5 Å². The van der Waals surface area contributed by atoms with Crippen LogP contribution < -0.4 is 9.64 Å². The van der Waals surface area contributed by atoms with Crippen molar-refractivity contribution in [3.63, 3.8) is 0 Å².